The van der Waals surface area contributed by atoms with Crippen LogP contribution in [0.5, 0.6) is 0 Å². The molecule has 1 aromatic rings. The fourth-order valence-corrected chi connectivity index (χ4v) is 3.18. The number of nitrogens with zero attached hydrogens (tertiary/aromatic N) is 2. The molecule has 0 radical (unpaired) electrons. The number of amides is 2. The van der Waals surface area contributed by atoms with Crippen molar-refractivity contribution in [3.8, 4) is 0 Å². The van der Waals surface area contributed by atoms with Gasteiger partial charge in [-0.05, 0) is 43.3 Å². The smallest absolute Gasteiger partial charge is 0.313 e. The Morgan fingerprint density at radius 1 is 1.00 bits per heavy atom. The Morgan fingerprint density at radius 3 is 2.26 bits per heavy atom. The average molecular weight is 392 g/mol. The standard InChI is InChI=1S/C19H29N5O2S/c1-3-15-5-7-16(8-6-15)22-18(26)17(25)21-9-10-23-11-13-24(14-12-23)19(27)20-4-2/h5-8H,3-4,9-14H2,1-2H3,(H,20,27)(H,21,25)(H,22,26). The highest BCUT2D eigenvalue weighted by Gasteiger charge is 2.19. The average Bonchev–Trinajstić information content (AvgIpc) is 2.69. The van der Waals surface area contributed by atoms with E-state index in [-0.39, 0.29) is 0 Å². The number of piperazine rings is 1. The predicted octanol–water partition coefficient (Wildman–Crippen LogP) is 0.816. The molecule has 0 saturated carbocycles. The number of thiocarbonyl (C=S) groups is 1. The van der Waals surface area contributed by atoms with Crippen molar-refractivity contribution < 1.29 is 9.59 Å². The van der Waals surface area contributed by atoms with Gasteiger partial charge in [0.25, 0.3) is 0 Å². The Balaban J connectivity index is 1.65. The molecule has 1 aliphatic heterocycles. The molecule has 148 valence electrons. The van der Waals surface area contributed by atoms with Crippen LogP contribution in [0.4, 0.5) is 5.69 Å². The summed E-state index contributed by atoms with van der Waals surface area (Å²) in [5.74, 6) is -1.25. The molecule has 3 N–H and O–H groups in total. The first kappa shape index (κ1) is 21.1. The molecule has 8 heteroatoms. The Hall–Kier alpha value is -2.19. The van der Waals surface area contributed by atoms with Gasteiger partial charge in [0.2, 0.25) is 0 Å². The van der Waals surface area contributed by atoms with Gasteiger partial charge in [-0.1, -0.05) is 19.1 Å². The van der Waals surface area contributed by atoms with Crippen molar-refractivity contribution in [2.45, 2.75) is 20.3 Å². The van der Waals surface area contributed by atoms with Crippen molar-refractivity contribution in [1.29, 1.82) is 0 Å². The molecule has 1 aliphatic rings. The normalized spacial score (nSPS) is 14.5. The Morgan fingerprint density at radius 2 is 1.67 bits per heavy atom. The van der Waals surface area contributed by atoms with E-state index in [2.05, 4.69) is 32.7 Å². The van der Waals surface area contributed by atoms with E-state index in [0.29, 0.717) is 18.8 Å². The van der Waals surface area contributed by atoms with Gasteiger partial charge in [-0.25, -0.2) is 0 Å². The summed E-state index contributed by atoms with van der Waals surface area (Å²) in [5.41, 5.74) is 1.81. The summed E-state index contributed by atoms with van der Waals surface area (Å²) in [6.45, 7) is 9.59. The third-order valence-electron chi connectivity index (χ3n) is 4.53. The van der Waals surface area contributed by atoms with E-state index >= 15 is 0 Å². The van der Waals surface area contributed by atoms with E-state index < -0.39 is 11.8 Å². The van der Waals surface area contributed by atoms with Gasteiger partial charge in [-0.15, -0.1) is 0 Å². The number of nitrogens with one attached hydrogen (secondary N) is 3. The van der Waals surface area contributed by atoms with Crippen LogP contribution in [0, 0.1) is 0 Å². The van der Waals surface area contributed by atoms with Gasteiger partial charge in [0.1, 0.15) is 0 Å². The van der Waals surface area contributed by atoms with Crippen LogP contribution < -0.4 is 16.0 Å². The number of carbonyl (C=O) groups excluding carboxylic acids is 2. The van der Waals surface area contributed by atoms with Crippen molar-refractivity contribution in [2.24, 2.45) is 0 Å². The molecule has 2 rings (SSSR count). The molecule has 0 bridgehead atoms. The molecule has 1 fully saturated rings. The number of benzene rings is 1. The minimum atomic E-state index is -0.639. The number of rotatable bonds is 6. The van der Waals surface area contributed by atoms with Crippen LogP contribution in [-0.4, -0.2) is 72.5 Å². The molecule has 0 aliphatic carbocycles. The van der Waals surface area contributed by atoms with Crippen molar-refractivity contribution in [2.75, 3.05) is 51.1 Å². The van der Waals surface area contributed by atoms with Crippen molar-refractivity contribution in [3.63, 3.8) is 0 Å². The summed E-state index contributed by atoms with van der Waals surface area (Å²) >= 11 is 5.32. The maximum Gasteiger partial charge on any atom is 0.313 e. The number of hydrogen-bond donors (Lipinski definition) is 3. The van der Waals surface area contributed by atoms with E-state index in [4.69, 9.17) is 12.2 Å². The molecule has 1 heterocycles. The zero-order chi connectivity index (χ0) is 19.6. The van der Waals surface area contributed by atoms with Crippen LogP contribution in [-0.2, 0) is 16.0 Å². The molecule has 0 spiro atoms. The van der Waals surface area contributed by atoms with Gasteiger partial charge in [0, 0.05) is 51.5 Å². The van der Waals surface area contributed by atoms with E-state index in [1.807, 2.05) is 19.1 Å². The lowest BCUT2D eigenvalue weighted by molar-refractivity contribution is -0.136. The van der Waals surface area contributed by atoms with Crippen molar-refractivity contribution >= 4 is 34.8 Å². The largest absolute Gasteiger partial charge is 0.363 e. The highest BCUT2D eigenvalue weighted by Crippen LogP contribution is 2.09. The number of anilines is 1. The molecule has 1 saturated heterocycles. The zero-order valence-corrected chi connectivity index (χ0v) is 16.9. The lowest BCUT2D eigenvalue weighted by atomic mass is 10.1. The van der Waals surface area contributed by atoms with Crippen molar-refractivity contribution in [3.05, 3.63) is 29.8 Å². The first-order valence-electron chi connectivity index (χ1n) is 9.46. The van der Waals surface area contributed by atoms with Crippen LogP contribution in [0.2, 0.25) is 0 Å². The first-order valence-corrected chi connectivity index (χ1v) is 9.87. The zero-order valence-electron chi connectivity index (χ0n) is 16.1. The summed E-state index contributed by atoms with van der Waals surface area (Å²) in [6, 6.07) is 7.49. The van der Waals surface area contributed by atoms with E-state index in [1.165, 1.54) is 5.56 Å². The second-order valence-electron chi connectivity index (χ2n) is 6.42. The van der Waals surface area contributed by atoms with Crippen molar-refractivity contribution in [1.82, 2.24) is 20.4 Å². The Labute approximate surface area is 166 Å². The quantitative estimate of drug-likeness (QED) is 0.492. The van der Waals surface area contributed by atoms with Gasteiger partial charge in [-0.3, -0.25) is 14.5 Å². The topological polar surface area (TPSA) is 76.7 Å². The number of aryl methyl sites for hydroxylation is 1. The molecular weight excluding hydrogens is 362 g/mol. The minimum Gasteiger partial charge on any atom is -0.363 e. The first-order chi connectivity index (χ1) is 13.0. The van der Waals surface area contributed by atoms with E-state index in [9.17, 15) is 9.59 Å². The predicted molar refractivity (Wildman–Crippen MR) is 112 cm³/mol. The second kappa shape index (κ2) is 10.8. The van der Waals surface area contributed by atoms with Crippen LogP contribution in [0.25, 0.3) is 0 Å². The molecule has 0 unspecified atom stereocenters. The molecule has 0 aromatic heterocycles. The third kappa shape index (κ3) is 6.80. The summed E-state index contributed by atoms with van der Waals surface area (Å²) in [6.07, 6.45) is 0.934. The summed E-state index contributed by atoms with van der Waals surface area (Å²) in [5, 5.41) is 9.27. The molecule has 2 amide bonds. The fourth-order valence-electron chi connectivity index (χ4n) is 2.86. The molecule has 7 nitrogen and oxygen atoms in total. The molecule has 27 heavy (non-hydrogen) atoms. The Kier molecular flexibility index (Phi) is 8.47. The second-order valence-corrected chi connectivity index (χ2v) is 6.81. The van der Waals surface area contributed by atoms with Crippen LogP contribution in [0.3, 0.4) is 0 Å². The molecule has 0 atom stereocenters. The van der Waals surface area contributed by atoms with Crippen LogP contribution in [0.15, 0.2) is 24.3 Å². The Bertz CT molecular complexity index is 642. The molecular formula is C19H29N5O2S. The summed E-state index contributed by atoms with van der Waals surface area (Å²) < 4.78 is 0. The van der Waals surface area contributed by atoms with Gasteiger partial charge in [-0.2, -0.15) is 0 Å². The summed E-state index contributed by atoms with van der Waals surface area (Å²) in [4.78, 5) is 28.3. The maximum atomic E-state index is 12.0. The van der Waals surface area contributed by atoms with Gasteiger partial charge in [0.15, 0.2) is 5.11 Å². The maximum absolute atomic E-state index is 12.0. The monoisotopic (exact) mass is 391 g/mol. The van der Waals surface area contributed by atoms with Gasteiger partial charge < -0.3 is 20.9 Å². The summed E-state index contributed by atoms with van der Waals surface area (Å²) in [7, 11) is 0. The van der Waals surface area contributed by atoms with E-state index in [1.54, 1.807) is 12.1 Å². The SMILES string of the molecule is CCNC(=S)N1CCN(CCNC(=O)C(=O)Nc2ccc(CC)cc2)CC1. The lowest BCUT2D eigenvalue weighted by Crippen LogP contribution is -2.52. The number of carbonyl (C=O) groups is 2. The minimum absolute atomic E-state index is 0.443. The van der Waals surface area contributed by atoms with Gasteiger partial charge in [0.05, 0.1) is 0 Å². The highest BCUT2D eigenvalue weighted by molar-refractivity contribution is 7.80. The fraction of sp³-hybridized carbons (Fsp3) is 0.526. The van der Waals surface area contributed by atoms with E-state index in [0.717, 1.165) is 44.3 Å². The lowest BCUT2D eigenvalue weighted by Gasteiger charge is -2.36. The highest BCUT2D eigenvalue weighted by atomic mass is 32.1. The van der Waals surface area contributed by atoms with Crippen LogP contribution >= 0.6 is 12.2 Å². The van der Waals surface area contributed by atoms with Crippen LogP contribution in [0.1, 0.15) is 19.4 Å². The molecule has 1 aromatic carbocycles. The van der Waals surface area contributed by atoms with Gasteiger partial charge >= 0.3 is 11.8 Å². The number of hydrogen-bond acceptors (Lipinski definition) is 4. The third-order valence-corrected chi connectivity index (χ3v) is 4.93.